The number of anilines is 1. The minimum atomic E-state index is -0.0343. The molecule has 0 aromatic heterocycles. The summed E-state index contributed by atoms with van der Waals surface area (Å²) >= 11 is 5.53. The molecule has 0 spiro atoms. The lowest BCUT2D eigenvalue weighted by Gasteiger charge is -2.25. The second-order valence-electron chi connectivity index (χ2n) is 5.20. The van der Waals surface area contributed by atoms with Crippen molar-refractivity contribution < 1.29 is 4.79 Å². The molecule has 19 heavy (non-hydrogen) atoms. The fraction of sp³-hybridized carbons (Fsp3) is 0.467. The van der Waals surface area contributed by atoms with Gasteiger partial charge in [-0.05, 0) is 37.2 Å². The lowest BCUT2D eigenvalue weighted by Crippen LogP contribution is -2.36. The van der Waals surface area contributed by atoms with E-state index in [1.54, 1.807) is 4.90 Å². The number of rotatable bonds is 1. The molecule has 0 radical (unpaired) electrons. The van der Waals surface area contributed by atoms with Gasteiger partial charge in [0.05, 0.1) is 5.69 Å². The number of carbonyl (C=O) groups is 1. The summed E-state index contributed by atoms with van der Waals surface area (Å²) in [4.78, 5) is 16.5. The number of hydrogen-bond acceptors (Lipinski definition) is 2. The molecule has 2 aliphatic heterocycles. The van der Waals surface area contributed by atoms with Crippen LogP contribution >= 0.6 is 12.2 Å². The van der Waals surface area contributed by atoms with Gasteiger partial charge in [0.25, 0.3) is 5.91 Å². The van der Waals surface area contributed by atoms with Gasteiger partial charge in [0.2, 0.25) is 0 Å². The second kappa shape index (κ2) is 5.29. The van der Waals surface area contributed by atoms with Crippen molar-refractivity contribution >= 4 is 28.9 Å². The summed E-state index contributed by atoms with van der Waals surface area (Å²) < 4.78 is 0. The topological polar surface area (TPSA) is 23.6 Å². The summed E-state index contributed by atoms with van der Waals surface area (Å²) in [6.07, 6.45) is 5.66. The lowest BCUT2D eigenvalue weighted by atomic mass is 10.0. The highest BCUT2D eigenvalue weighted by Gasteiger charge is 2.42. The Kier molecular flexibility index (Phi) is 3.51. The molecule has 1 amide bonds. The third kappa shape index (κ3) is 2.25. The van der Waals surface area contributed by atoms with Crippen LogP contribution in [-0.4, -0.2) is 28.5 Å². The van der Waals surface area contributed by atoms with E-state index in [1.165, 1.54) is 12.8 Å². The Hall–Kier alpha value is -1.42. The van der Waals surface area contributed by atoms with Crippen molar-refractivity contribution in [3.63, 3.8) is 0 Å². The van der Waals surface area contributed by atoms with E-state index in [1.807, 2.05) is 30.3 Å². The lowest BCUT2D eigenvalue weighted by molar-refractivity contribution is -0.120. The van der Waals surface area contributed by atoms with Gasteiger partial charge in [0.1, 0.15) is 6.04 Å². The van der Waals surface area contributed by atoms with Crippen LogP contribution in [0.25, 0.3) is 0 Å². The first-order chi connectivity index (χ1) is 9.29. The van der Waals surface area contributed by atoms with Gasteiger partial charge in [-0.15, -0.1) is 0 Å². The highest BCUT2D eigenvalue weighted by atomic mass is 32.1. The molecule has 1 atom stereocenters. The molecule has 2 fully saturated rings. The van der Waals surface area contributed by atoms with Crippen LogP contribution in [0.1, 0.15) is 32.1 Å². The van der Waals surface area contributed by atoms with Gasteiger partial charge >= 0.3 is 0 Å². The van der Waals surface area contributed by atoms with E-state index >= 15 is 0 Å². The van der Waals surface area contributed by atoms with Crippen molar-refractivity contribution in [1.82, 2.24) is 4.90 Å². The van der Waals surface area contributed by atoms with Crippen LogP contribution in [0.2, 0.25) is 0 Å². The first-order valence-electron chi connectivity index (χ1n) is 6.98. The van der Waals surface area contributed by atoms with Crippen molar-refractivity contribution in [3.8, 4) is 0 Å². The Morgan fingerprint density at radius 2 is 1.79 bits per heavy atom. The van der Waals surface area contributed by atoms with E-state index in [2.05, 4.69) is 4.90 Å². The molecule has 1 aromatic rings. The van der Waals surface area contributed by atoms with Gasteiger partial charge in [0.15, 0.2) is 5.11 Å². The van der Waals surface area contributed by atoms with E-state index < -0.39 is 0 Å². The summed E-state index contributed by atoms with van der Waals surface area (Å²) in [6, 6.07) is 9.71. The Morgan fingerprint density at radius 3 is 2.58 bits per heavy atom. The molecule has 0 aliphatic carbocycles. The molecule has 1 aromatic carbocycles. The largest absolute Gasteiger partial charge is 0.336 e. The maximum absolute atomic E-state index is 12.6. The van der Waals surface area contributed by atoms with Crippen molar-refractivity contribution in [3.05, 3.63) is 30.3 Å². The molecule has 0 unspecified atom stereocenters. The zero-order chi connectivity index (χ0) is 13.2. The first-order valence-corrected chi connectivity index (χ1v) is 7.39. The highest BCUT2D eigenvalue weighted by molar-refractivity contribution is 7.80. The maximum atomic E-state index is 12.6. The van der Waals surface area contributed by atoms with E-state index in [4.69, 9.17) is 12.2 Å². The van der Waals surface area contributed by atoms with Gasteiger partial charge in [-0.25, -0.2) is 0 Å². The number of nitrogens with zero attached hydrogens (tertiary/aromatic N) is 2. The van der Waals surface area contributed by atoms with Crippen molar-refractivity contribution in [2.24, 2.45) is 0 Å². The van der Waals surface area contributed by atoms with Gasteiger partial charge in [-0.3, -0.25) is 9.69 Å². The van der Waals surface area contributed by atoms with Crippen LogP contribution in [0.3, 0.4) is 0 Å². The highest BCUT2D eigenvalue weighted by Crippen LogP contribution is 2.29. The molecular weight excluding hydrogens is 256 g/mol. The minimum absolute atomic E-state index is 0.0343. The van der Waals surface area contributed by atoms with E-state index in [9.17, 15) is 4.79 Å². The molecule has 3 nitrogen and oxygen atoms in total. The third-order valence-electron chi connectivity index (χ3n) is 3.96. The van der Waals surface area contributed by atoms with Crippen LogP contribution in [0, 0.1) is 0 Å². The van der Waals surface area contributed by atoms with E-state index in [0.717, 1.165) is 31.5 Å². The van der Waals surface area contributed by atoms with Crippen molar-refractivity contribution in [1.29, 1.82) is 0 Å². The Bertz CT molecular complexity index is 462. The molecule has 0 N–H and O–H groups in total. The summed E-state index contributed by atoms with van der Waals surface area (Å²) in [5.41, 5.74) is 0.893. The van der Waals surface area contributed by atoms with Gasteiger partial charge in [0, 0.05) is 6.54 Å². The second-order valence-corrected chi connectivity index (χ2v) is 5.57. The standard InChI is InChI=1S/C15H18N2OS/c18-14-13-10-6-1-2-7-11-16(13)15(19)17(14)12-8-4-3-5-9-12/h3-5,8-9,13H,1-2,6-7,10-11H2/t13-/m1/s1. The predicted molar refractivity (Wildman–Crippen MR) is 80.1 cm³/mol. The Balaban J connectivity index is 1.91. The number of hydrogen-bond donors (Lipinski definition) is 0. The molecule has 3 rings (SSSR count). The first kappa shape index (κ1) is 12.6. The van der Waals surface area contributed by atoms with Gasteiger partial charge in [-0.2, -0.15) is 0 Å². The number of thiocarbonyl (C=S) groups is 1. The summed E-state index contributed by atoms with van der Waals surface area (Å²) in [5.74, 6) is 0.151. The summed E-state index contributed by atoms with van der Waals surface area (Å²) in [7, 11) is 0. The van der Waals surface area contributed by atoms with Crippen LogP contribution < -0.4 is 4.90 Å². The number of amides is 1. The monoisotopic (exact) mass is 274 g/mol. The molecule has 0 bridgehead atoms. The van der Waals surface area contributed by atoms with Crippen molar-refractivity contribution in [2.45, 2.75) is 38.1 Å². The molecule has 0 saturated carbocycles. The smallest absolute Gasteiger partial charge is 0.256 e. The fourth-order valence-corrected chi connectivity index (χ4v) is 3.37. The van der Waals surface area contributed by atoms with Crippen LogP contribution in [-0.2, 0) is 4.79 Å². The zero-order valence-corrected chi connectivity index (χ0v) is 11.7. The SMILES string of the molecule is O=C1[C@H]2CCCCCCN2C(=S)N1c1ccccc1. The normalized spacial score (nSPS) is 24.1. The van der Waals surface area contributed by atoms with E-state index in [-0.39, 0.29) is 11.9 Å². The molecule has 2 heterocycles. The van der Waals surface area contributed by atoms with Crippen LogP contribution in [0.15, 0.2) is 30.3 Å². The average molecular weight is 274 g/mol. The zero-order valence-electron chi connectivity index (χ0n) is 10.9. The van der Waals surface area contributed by atoms with Crippen LogP contribution in [0.5, 0.6) is 0 Å². The summed E-state index contributed by atoms with van der Waals surface area (Å²) in [5, 5.41) is 0.683. The molecular formula is C15H18N2OS. The molecule has 2 saturated heterocycles. The molecule has 2 aliphatic rings. The maximum Gasteiger partial charge on any atom is 0.256 e. The number of para-hydroxylation sites is 1. The number of carbonyl (C=O) groups excluding carboxylic acids is 1. The fourth-order valence-electron chi connectivity index (χ4n) is 2.96. The predicted octanol–water partition coefficient (Wildman–Crippen LogP) is 2.95. The average Bonchev–Trinajstić information content (AvgIpc) is 2.61. The van der Waals surface area contributed by atoms with Crippen molar-refractivity contribution in [2.75, 3.05) is 11.4 Å². The Labute approximate surface area is 119 Å². The summed E-state index contributed by atoms with van der Waals surface area (Å²) in [6.45, 7) is 0.915. The van der Waals surface area contributed by atoms with Gasteiger partial charge < -0.3 is 4.90 Å². The third-order valence-corrected chi connectivity index (χ3v) is 4.38. The van der Waals surface area contributed by atoms with Crippen LogP contribution in [0.4, 0.5) is 5.69 Å². The van der Waals surface area contributed by atoms with E-state index in [0.29, 0.717) is 5.11 Å². The molecule has 4 heteroatoms. The number of benzene rings is 1. The molecule has 100 valence electrons. The number of fused-ring (bicyclic) bond motifs is 1. The quantitative estimate of drug-likeness (QED) is 0.736. The minimum Gasteiger partial charge on any atom is -0.336 e. The van der Waals surface area contributed by atoms with Gasteiger partial charge in [-0.1, -0.05) is 37.5 Å². The Morgan fingerprint density at radius 1 is 1.05 bits per heavy atom.